The molecule has 18 heavy (non-hydrogen) atoms. The molecule has 0 saturated carbocycles. The Morgan fingerprint density at radius 3 is 2.89 bits per heavy atom. The van der Waals surface area contributed by atoms with Gasteiger partial charge in [0.1, 0.15) is 18.6 Å². The van der Waals surface area contributed by atoms with Crippen molar-refractivity contribution in [2.75, 3.05) is 11.1 Å². The number of thiazole rings is 1. The number of nitrogens with two attached hydrogens (primary N) is 1. The van der Waals surface area contributed by atoms with E-state index in [2.05, 4.69) is 20.4 Å². The zero-order chi connectivity index (χ0) is 13.1. The number of Topliss-reactive ketones (excluding diaryl/α,β-unsaturated/α-hetero) is 1. The molecule has 8 nitrogen and oxygen atoms in total. The van der Waals surface area contributed by atoms with Crippen LogP contribution in [-0.4, -0.2) is 31.4 Å². The van der Waals surface area contributed by atoms with Crippen LogP contribution in [0.1, 0.15) is 17.4 Å². The van der Waals surface area contributed by atoms with Gasteiger partial charge < -0.3 is 11.1 Å². The van der Waals surface area contributed by atoms with Crippen LogP contribution >= 0.6 is 11.3 Å². The van der Waals surface area contributed by atoms with E-state index in [1.807, 2.05) is 0 Å². The number of rotatable bonds is 4. The van der Waals surface area contributed by atoms with E-state index >= 15 is 0 Å². The first-order valence-corrected chi connectivity index (χ1v) is 5.84. The average molecular weight is 266 g/mol. The summed E-state index contributed by atoms with van der Waals surface area (Å²) in [6.07, 6.45) is 1.36. The highest BCUT2D eigenvalue weighted by molar-refractivity contribution is 7.14. The summed E-state index contributed by atoms with van der Waals surface area (Å²) in [5.74, 6) is -0.351. The molecule has 2 heterocycles. The monoisotopic (exact) mass is 266 g/mol. The predicted octanol–water partition coefficient (Wildman–Crippen LogP) is 0.158. The molecule has 0 aliphatic rings. The number of hydrogen-bond acceptors (Lipinski definition) is 7. The Bertz CT molecular complexity index is 589. The van der Waals surface area contributed by atoms with Crippen LogP contribution in [0.25, 0.3) is 0 Å². The summed E-state index contributed by atoms with van der Waals surface area (Å²) >= 11 is 1.19. The highest BCUT2D eigenvalue weighted by atomic mass is 32.1. The fraction of sp³-hybridized carbons (Fsp3) is 0.222. The molecular formula is C9H10N6O2S. The molecule has 94 valence electrons. The first kappa shape index (κ1) is 12.2. The molecule has 2 aromatic rings. The molecule has 1 amide bonds. The van der Waals surface area contributed by atoms with Crippen LogP contribution in [-0.2, 0) is 11.3 Å². The number of ketones is 1. The molecule has 0 spiro atoms. The fourth-order valence-electron chi connectivity index (χ4n) is 1.18. The van der Waals surface area contributed by atoms with E-state index in [9.17, 15) is 9.59 Å². The zero-order valence-electron chi connectivity index (χ0n) is 9.45. The number of nitrogens with zero attached hydrogens (tertiary/aromatic N) is 4. The van der Waals surface area contributed by atoms with Crippen molar-refractivity contribution < 1.29 is 9.59 Å². The molecule has 0 bridgehead atoms. The standard InChI is InChI=1S/C9H10N6O2S/c1-5(16)6-3-18-9(12-6)13-7(17)2-15-4-11-8(10)14-15/h3-4H,2H2,1H3,(H2,10,14)(H,12,13,17). The third kappa shape index (κ3) is 2.88. The number of anilines is 2. The molecule has 2 rings (SSSR count). The van der Waals surface area contributed by atoms with Gasteiger partial charge in [-0.1, -0.05) is 0 Å². The molecule has 0 atom stereocenters. The van der Waals surface area contributed by atoms with E-state index in [4.69, 9.17) is 5.73 Å². The van der Waals surface area contributed by atoms with Crippen LogP contribution in [0.5, 0.6) is 0 Å². The summed E-state index contributed by atoms with van der Waals surface area (Å²) in [5, 5.41) is 8.30. The Labute approximate surface area is 106 Å². The Hall–Kier alpha value is -2.29. The highest BCUT2D eigenvalue weighted by Gasteiger charge is 2.10. The van der Waals surface area contributed by atoms with E-state index in [-0.39, 0.29) is 24.2 Å². The zero-order valence-corrected chi connectivity index (χ0v) is 10.3. The van der Waals surface area contributed by atoms with E-state index in [1.165, 1.54) is 29.3 Å². The summed E-state index contributed by atoms with van der Waals surface area (Å²) in [6, 6.07) is 0. The molecule has 0 aliphatic heterocycles. The van der Waals surface area contributed by atoms with Gasteiger partial charge in [0.2, 0.25) is 11.9 Å². The van der Waals surface area contributed by atoms with Crippen molar-refractivity contribution in [1.82, 2.24) is 19.7 Å². The first-order chi connectivity index (χ1) is 8.54. The van der Waals surface area contributed by atoms with Gasteiger partial charge >= 0.3 is 0 Å². The van der Waals surface area contributed by atoms with Crippen LogP contribution in [0.15, 0.2) is 11.7 Å². The fourth-order valence-corrected chi connectivity index (χ4v) is 1.95. The molecule has 0 radical (unpaired) electrons. The van der Waals surface area contributed by atoms with Gasteiger partial charge in [0.05, 0.1) is 0 Å². The second-order valence-electron chi connectivity index (χ2n) is 3.44. The number of aromatic nitrogens is 4. The second-order valence-corrected chi connectivity index (χ2v) is 4.30. The van der Waals surface area contributed by atoms with Crippen molar-refractivity contribution in [2.24, 2.45) is 0 Å². The molecule has 0 unspecified atom stereocenters. The lowest BCUT2D eigenvalue weighted by atomic mass is 10.4. The van der Waals surface area contributed by atoms with Crippen molar-refractivity contribution in [3.63, 3.8) is 0 Å². The minimum absolute atomic E-state index is 0.0147. The van der Waals surface area contributed by atoms with Crippen molar-refractivity contribution in [3.8, 4) is 0 Å². The third-order valence-electron chi connectivity index (χ3n) is 1.97. The van der Waals surface area contributed by atoms with Gasteiger partial charge in [0.15, 0.2) is 10.9 Å². The van der Waals surface area contributed by atoms with Gasteiger partial charge in [0, 0.05) is 12.3 Å². The van der Waals surface area contributed by atoms with Gasteiger partial charge in [0.25, 0.3) is 0 Å². The first-order valence-electron chi connectivity index (χ1n) is 4.96. The van der Waals surface area contributed by atoms with E-state index in [1.54, 1.807) is 5.38 Å². The SMILES string of the molecule is CC(=O)c1csc(NC(=O)Cn2cnc(N)n2)n1. The summed E-state index contributed by atoms with van der Waals surface area (Å²) < 4.78 is 1.31. The Kier molecular flexibility index (Phi) is 3.33. The Morgan fingerprint density at radius 1 is 1.56 bits per heavy atom. The average Bonchev–Trinajstić information content (AvgIpc) is 2.88. The molecule has 0 aliphatic carbocycles. The van der Waals surface area contributed by atoms with Crippen LogP contribution < -0.4 is 11.1 Å². The maximum Gasteiger partial charge on any atom is 0.247 e. The van der Waals surface area contributed by atoms with Crippen molar-refractivity contribution >= 4 is 34.1 Å². The lowest BCUT2D eigenvalue weighted by Crippen LogP contribution is -2.19. The van der Waals surface area contributed by atoms with Gasteiger partial charge in [-0.25, -0.2) is 14.6 Å². The normalized spacial score (nSPS) is 10.3. The summed E-state index contributed by atoms with van der Waals surface area (Å²) in [6.45, 7) is 1.40. The Morgan fingerprint density at radius 2 is 2.33 bits per heavy atom. The van der Waals surface area contributed by atoms with Crippen LogP contribution in [0.3, 0.4) is 0 Å². The van der Waals surface area contributed by atoms with Gasteiger partial charge in [-0.3, -0.25) is 9.59 Å². The molecule has 9 heteroatoms. The van der Waals surface area contributed by atoms with Crippen LogP contribution in [0, 0.1) is 0 Å². The number of nitrogens with one attached hydrogen (secondary N) is 1. The van der Waals surface area contributed by atoms with Crippen molar-refractivity contribution in [2.45, 2.75) is 13.5 Å². The number of nitrogen functional groups attached to an aromatic ring is 1. The van der Waals surface area contributed by atoms with Crippen LogP contribution in [0.4, 0.5) is 11.1 Å². The maximum absolute atomic E-state index is 11.6. The largest absolute Gasteiger partial charge is 0.367 e. The van der Waals surface area contributed by atoms with E-state index in [0.717, 1.165) is 0 Å². The molecule has 0 fully saturated rings. The van der Waals surface area contributed by atoms with E-state index < -0.39 is 0 Å². The number of amides is 1. The van der Waals surface area contributed by atoms with Gasteiger partial charge in [-0.15, -0.1) is 16.4 Å². The van der Waals surface area contributed by atoms with Gasteiger partial charge in [-0.2, -0.15) is 0 Å². The molecule has 0 saturated heterocycles. The minimum atomic E-state index is -0.315. The van der Waals surface area contributed by atoms with Crippen molar-refractivity contribution in [3.05, 3.63) is 17.4 Å². The number of carbonyl (C=O) groups excluding carboxylic acids is 2. The number of carbonyl (C=O) groups is 2. The molecular weight excluding hydrogens is 256 g/mol. The minimum Gasteiger partial charge on any atom is -0.367 e. The van der Waals surface area contributed by atoms with E-state index in [0.29, 0.717) is 10.8 Å². The summed E-state index contributed by atoms with van der Waals surface area (Å²) in [4.78, 5) is 30.3. The molecule has 3 N–H and O–H groups in total. The highest BCUT2D eigenvalue weighted by Crippen LogP contribution is 2.15. The molecule has 2 aromatic heterocycles. The topological polar surface area (TPSA) is 116 Å². The quantitative estimate of drug-likeness (QED) is 0.761. The lowest BCUT2D eigenvalue weighted by molar-refractivity contribution is -0.116. The lowest BCUT2D eigenvalue weighted by Gasteiger charge is -2.00. The smallest absolute Gasteiger partial charge is 0.247 e. The number of hydrogen-bond donors (Lipinski definition) is 2. The van der Waals surface area contributed by atoms with Crippen molar-refractivity contribution in [1.29, 1.82) is 0 Å². The third-order valence-corrected chi connectivity index (χ3v) is 2.73. The Balaban J connectivity index is 1.96. The summed E-state index contributed by atoms with van der Waals surface area (Å²) in [5.41, 5.74) is 5.65. The van der Waals surface area contributed by atoms with Gasteiger partial charge in [-0.05, 0) is 0 Å². The maximum atomic E-state index is 11.6. The second kappa shape index (κ2) is 4.92. The van der Waals surface area contributed by atoms with Crippen LogP contribution in [0.2, 0.25) is 0 Å². The predicted molar refractivity (Wildman–Crippen MR) is 65.2 cm³/mol. The molecule has 0 aromatic carbocycles. The summed E-state index contributed by atoms with van der Waals surface area (Å²) in [7, 11) is 0.